The Kier molecular flexibility index (Phi) is 13.0. The monoisotopic (exact) mass is 1100 g/mol. The van der Waals surface area contributed by atoms with Gasteiger partial charge in [0, 0.05) is 123 Å². The number of rotatable bonds is 8. The number of hydrogen-bond acceptors (Lipinski definition) is 6. The van der Waals surface area contributed by atoms with Gasteiger partial charge in [-0.05, 0) is 138 Å². The highest BCUT2D eigenvalue weighted by Gasteiger charge is 2.26. The molecule has 11 aromatic rings. The van der Waals surface area contributed by atoms with Crippen LogP contribution in [-0.4, -0.2) is 120 Å². The first-order valence-electron chi connectivity index (χ1n) is 27.8. The van der Waals surface area contributed by atoms with Gasteiger partial charge in [-0.15, -0.1) is 0 Å². The minimum absolute atomic E-state index is 0.108. The Morgan fingerprint density at radius 3 is 0.679 bits per heavy atom. The number of nitrogens with zero attached hydrogens (tertiary/aromatic N) is 6. The van der Waals surface area contributed by atoms with Gasteiger partial charge < -0.3 is 29.6 Å². The fraction of sp³-hybridized carbons (Fsp3) is 0.111. The van der Waals surface area contributed by atoms with Crippen LogP contribution in [0, 0.1) is 0 Å². The zero-order valence-corrected chi connectivity index (χ0v) is 47.8. The van der Waals surface area contributed by atoms with Crippen molar-refractivity contribution in [3.63, 3.8) is 0 Å². The molecular formula is C72H58N8O4. The standard InChI is InChI=1S/C72H58N8O4/c1-77(2)69(81)53-29-25-49(41-17-9-13-21-45(41)53)65-57-33-35-59(73-57)66(50-26-30-54(70(82)78(3)4)46-22-14-10-18-42(46)50)61-37-39-63(75-61)68(52-28-32-56(72(84)80(7)8)48-24-16-12-20-44(48)52)64-40-38-62(76-64)67(60-36-34-58(65)74-60)51-27-31-55(71(83)79(5)6)47-23-15-11-19-43(47)51/h9-40,73,76H,1-8H3. The Balaban J connectivity index is 1.22. The molecule has 2 aliphatic rings. The maximum Gasteiger partial charge on any atom is 0.253 e. The molecule has 12 nitrogen and oxygen atoms in total. The van der Waals surface area contributed by atoms with Gasteiger partial charge in [0.1, 0.15) is 0 Å². The molecule has 0 aliphatic carbocycles. The molecule has 0 fully saturated rings. The van der Waals surface area contributed by atoms with Crippen LogP contribution >= 0.6 is 0 Å². The number of nitrogens with one attached hydrogen (secondary N) is 2. The lowest BCUT2D eigenvalue weighted by Crippen LogP contribution is -2.21. The van der Waals surface area contributed by atoms with Crippen molar-refractivity contribution in [3.05, 3.63) is 215 Å². The first-order chi connectivity index (χ1) is 40.7. The minimum Gasteiger partial charge on any atom is -0.354 e. The van der Waals surface area contributed by atoms with E-state index in [9.17, 15) is 19.2 Å². The van der Waals surface area contributed by atoms with E-state index in [2.05, 4.69) is 82.8 Å². The number of H-pyrrole nitrogens is 2. The van der Waals surface area contributed by atoms with E-state index in [1.165, 1.54) is 0 Å². The van der Waals surface area contributed by atoms with Gasteiger partial charge in [0.2, 0.25) is 0 Å². The molecule has 84 heavy (non-hydrogen) atoms. The van der Waals surface area contributed by atoms with Gasteiger partial charge >= 0.3 is 0 Å². The van der Waals surface area contributed by atoms with Crippen molar-refractivity contribution in [1.29, 1.82) is 0 Å². The first kappa shape index (κ1) is 52.6. The van der Waals surface area contributed by atoms with Crippen molar-refractivity contribution < 1.29 is 19.2 Å². The van der Waals surface area contributed by atoms with Crippen LogP contribution < -0.4 is 0 Å². The van der Waals surface area contributed by atoms with E-state index in [4.69, 9.17) is 9.97 Å². The van der Waals surface area contributed by atoms with Gasteiger partial charge in [0.15, 0.2) is 0 Å². The third kappa shape index (κ3) is 8.69. The largest absolute Gasteiger partial charge is 0.354 e. The summed E-state index contributed by atoms with van der Waals surface area (Å²) in [6.07, 6.45) is 8.21. The SMILES string of the molecule is CN(C)C(=O)c1ccc(-c2c3nc(c(-c4ccc(C(=O)N(C)C)c5ccccc45)c4ccc([nH]4)c(-c4ccc(C(=O)N(C)C)c5ccccc45)c4nc(c(-c5ccc(C(=O)N(C)C)c6ccccc56)c5ccc2[nH]5)C=C4)C=C3)c2ccccc12. The molecule has 12 heteroatoms. The molecule has 3 aromatic heterocycles. The molecule has 0 unspecified atom stereocenters. The molecule has 5 heterocycles. The molecule has 13 rings (SSSR count). The Labute approximate surface area is 485 Å². The molecular weight excluding hydrogens is 1040 g/mol. The normalized spacial score (nSPS) is 11.9. The van der Waals surface area contributed by atoms with Gasteiger partial charge in [-0.2, -0.15) is 0 Å². The molecule has 0 saturated carbocycles. The molecule has 0 saturated heterocycles. The van der Waals surface area contributed by atoms with Crippen LogP contribution in [0.4, 0.5) is 0 Å². The highest BCUT2D eigenvalue weighted by molar-refractivity contribution is 6.18. The first-order valence-corrected chi connectivity index (χ1v) is 27.8. The van der Waals surface area contributed by atoms with E-state index >= 15 is 0 Å². The zero-order valence-electron chi connectivity index (χ0n) is 47.8. The van der Waals surface area contributed by atoms with E-state index in [0.29, 0.717) is 45.0 Å². The predicted octanol–water partition coefficient (Wildman–Crippen LogP) is 14.7. The number of fused-ring (bicyclic) bond motifs is 12. The second-order valence-corrected chi connectivity index (χ2v) is 22.1. The fourth-order valence-corrected chi connectivity index (χ4v) is 12.1. The van der Waals surface area contributed by atoms with Crippen molar-refractivity contribution in [2.45, 2.75) is 0 Å². The summed E-state index contributed by atoms with van der Waals surface area (Å²) in [7, 11) is 14.1. The quantitative estimate of drug-likeness (QED) is 0.155. The lowest BCUT2D eigenvalue weighted by Gasteiger charge is -2.16. The topological polar surface area (TPSA) is 139 Å². The predicted molar refractivity (Wildman–Crippen MR) is 343 cm³/mol. The summed E-state index contributed by atoms with van der Waals surface area (Å²) in [6, 6.07) is 56.0. The average molecular weight is 1100 g/mol. The second kappa shape index (κ2) is 20.7. The number of carbonyl (C=O) groups excluding carboxylic acids is 4. The summed E-state index contributed by atoms with van der Waals surface area (Å²) < 4.78 is 0. The Bertz CT molecular complexity index is 4300. The number of carbonyl (C=O) groups is 4. The Hall–Kier alpha value is -10.7. The van der Waals surface area contributed by atoms with Gasteiger partial charge in [0.05, 0.1) is 22.8 Å². The number of benzene rings is 8. The summed E-state index contributed by atoms with van der Waals surface area (Å²) in [5.41, 5.74) is 14.7. The van der Waals surface area contributed by atoms with Crippen LogP contribution in [0.1, 0.15) is 64.2 Å². The highest BCUT2D eigenvalue weighted by atomic mass is 16.2. The molecule has 2 N–H and O–H groups in total. The number of aromatic amines is 2. The molecule has 410 valence electrons. The summed E-state index contributed by atoms with van der Waals surface area (Å²) in [4.78, 5) is 81.1. The lowest BCUT2D eigenvalue weighted by molar-refractivity contribution is 0.0822. The van der Waals surface area contributed by atoms with Crippen LogP contribution in [-0.2, 0) is 0 Å². The van der Waals surface area contributed by atoms with Gasteiger partial charge in [-0.1, -0.05) is 121 Å². The summed E-state index contributed by atoms with van der Waals surface area (Å²) in [5.74, 6) is -0.433. The summed E-state index contributed by atoms with van der Waals surface area (Å²) >= 11 is 0. The van der Waals surface area contributed by atoms with Crippen LogP contribution in [0.5, 0.6) is 0 Å². The van der Waals surface area contributed by atoms with Gasteiger partial charge in [0.25, 0.3) is 23.6 Å². The van der Waals surface area contributed by atoms with Crippen molar-refractivity contribution >= 4 is 113 Å². The highest BCUT2D eigenvalue weighted by Crippen LogP contribution is 2.44. The van der Waals surface area contributed by atoms with Crippen molar-refractivity contribution in [2.24, 2.45) is 0 Å². The molecule has 0 spiro atoms. The summed E-state index contributed by atoms with van der Waals surface area (Å²) in [5, 5.41) is 6.68. The zero-order chi connectivity index (χ0) is 58.2. The molecule has 8 aromatic carbocycles. The van der Waals surface area contributed by atoms with Crippen LogP contribution in [0.15, 0.2) is 170 Å². The van der Waals surface area contributed by atoms with Crippen LogP contribution in [0.25, 0.3) is 134 Å². The smallest absolute Gasteiger partial charge is 0.253 e. The number of amides is 4. The van der Waals surface area contributed by atoms with Crippen molar-refractivity contribution in [1.82, 2.24) is 39.5 Å². The third-order valence-corrected chi connectivity index (χ3v) is 16.1. The Morgan fingerprint density at radius 1 is 0.274 bits per heavy atom. The fourth-order valence-electron chi connectivity index (χ4n) is 12.1. The van der Waals surface area contributed by atoms with E-state index in [-0.39, 0.29) is 23.6 Å². The van der Waals surface area contributed by atoms with Gasteiger partial charge in [-0.25, -0.2) is 9.97 Å². The van der Waals surface area contributed by atoms with Crippen molar-refractivity contribution in [2.75, 3.05) is 56.4 Å². The van der Waals surface area contributed by atoms with E-state index in [1.807, 2.05) is 121 Å². The Morgan fingerprint density at radius 2 is 0.476 bits per heavy atom. The minimum atomic E-state index is -0.108. The molecule has 8 bridgehead atoms. The summed E-state index contributed by atoms with van der Waals surface area (Å²) in [6.45, 7) is 0. The lowest BCUT2D eigenvalue weighted by atomic mass is 9.93. The molecule has 4 amide bonds. The van der Waals surface area contributed by atoms with Crippen LogP contribution in [0.3, 0.4) is 0 Å². The maximum absolute atomic E-state index is 13.9. The average Bonchev–Trinajstić information content (AvgIpc) is 2.10. The number of aromatic nitrogens is 4. The van der Waals surface area contributed by atoms with Crippen molar-refractivity contribution in [3.8, 4) is 44.5 Å². The van der Waals surface area contributed by atoms with Gasteiger partial charge in [-0.3, -0.25) is 19.2 Å². The molecule has 0 radical (unpaired) electrons. The molecule has 2 aliphatic heterocycles. The maximum atomic E-state index is 13.9. The third-order valence-electron chi connectivity index (χ3n) is 16.1. The molecule has 0 atom stereocenters. The van der Waals surface area contributed by atoms with Crippen LogP contribution in [0.2, 0.25) is 0 Å². The van der Waals surface area contributed by atoms with E-state index in [0.717, 1.165) is 110 Å². The van der Waals surface area contributed by atoms with E-state index < -0.39 is 0 Å². The second-order valence-electron chi connectivity index (χ2n) is 22.1. The van der Waals surface area contributed by atoms with E-state index in [1.54, 1.807) is 76.0 Å². The number of hydrogen-bond donors (Lipinski definition) is 2.